The Morgan fingerprint density at radius 1 is 1.19 bits per heavy atom. The number of aromatic nitrogens is 1. The SMILES string of the molecule is O=C(NCCC(O)C(O)c1ccc2[nH]c(=O)oc2c1)OCc1ccccc1. The first-order valence-electron chi connectivity index (χ1n) is 8.46. The second-order valence-electron chi connectivity index (χ2n) is 6.06. The van der Waals surface area contributed by atoms with E-state index in [0.29, 0.717) is 16.7 Å². The molecule has 1 amide bonds. The molecule has 0 spiro atoms. The third-order valence-electron chi connectivity index (χ3n) is 4.07. The van der Waals surface area contributed by atoms with Crippen molar-refractivity contribution < 1.29 is 24.2 Å². The minimum atomic E-state index is -1.18. The number of aliphatic hydroxyl groups excluding tert-OH is 2. The van der Waals surface area contributed by atoms with Gasteiger partial charge in [0.05, 0.1) is 11.6 Å². The van der Waals surface area contributed by atoms with Crippen molar-refractivity contribution in [3.8, 4) is 0 Å². The van der Waals surface area contributed by atoms with Gasteiger partial charge in [0.25, 0.3) is 0 Å². The van der Waals surface area contributed by atoms with Crippen LogP contribution in [0.2, 0.25) is 0 Å². The molecule has 142 valence electrons. The predicted molar refractivity (Wildman–Crippen MR) is 97.0 cm³/mol. The number of fused-ring (bicyclic) bond motifs is 1. The van der Waals surface area contributed by atoms with E-state index >= 15 is 0 Å². The van der Waals surface area contributed by atoms with Gasteiger partial charge in [-0.1, -0.05) is 36.4 Å². The van der Waals surface area contributed by atoms with Gasteiger partial charge < -0.3 is 24.7 Å². The summed E-state index contributed by atoms with van der Waals surface area (Å²) in [5.74, 6) is -0.588. The lowest BCUT2D eigenvalue weighted by Gasteiger charge is -2.18. The number of alkyl carbamates (subject to hydrolysis) is 1. The highest BCUT2D eigenvalue weighted by atomic mass is 16.5. The van der Waals surface area contributed by atoms with Crippen LogP contribution in [0.4, 0.5) is 4.79 Å². The van der Waals surface area contributed by atoms with Gasteiger partial charge >= 0.3 is 11.8 Å². The summed E-state index contributed by atoms with van der Waals surface area (Å²) >= 11 is 0. The molecule has 4 N–H and O–H groups in total. The van der Waals surface area contributed by atoms with Crippen molar-refractivity contribution in [3.63, 3.8) is 0 Å². The van der Waals surface area contributed by atoms with E-state index in [9.17, 15) is 19.8 Å². The van der Waals surface area contributed by atoms with Gasteiger partial charge in [0, 0.05) is 6.54 Å². The van der Waals surface area contributed by atoms with Gasteiger partial charge in [0.2, 0.25) is 0 Å². The number of rotatable bonds is 7. The molecule has 0 saturated heterocycles. The lowest BCUT2D eigenvalue weighted by Crippen LogP contribution is -2.29. The summed E-state index contributed by atoms with van der Waals surface area (Å²) in [5.41, 5.74) is 2.08. The molecular weight excluding hydrogens is 352 g/mol. The molecule has 3 aromatic rings. The normalized spacial score (nSPS) is 13.3. The molecule has 0 fully saturated rings. The summed E-state index contributed by atoms with van der Waals surface area (Å²) in [6.07, 6.45) is -2.77. The van der Waals surface area contributed by atoms with Crippen LogP contribution >= 0.6 is 0 Å². The molecule has 0 saturated carbocycles. The number of amides is 1. The topological polar surface area (TPSA) is 125 Å². The third kappa shape index (κ3) is 4.96. The van der Waals surface area contributed by atoms with Gasteiger partial charge in [-0.3, -0.25) is 4.98 Å². The first kappa shape index (κ1) is 18.7. The Morgan fingerprint density at radius 2 is 1.96 bits per heavy atom. The number of nitrogens with one attached hydrogen (secondary N) is 2. The summed E-state index contributed by atoms with van der Waals surface area (Å²) in [5, 5.41) is 22.9. The molecule has 1 aromatic heterocycles. The summed E-state index contributed by atoms with van der Waals surface area (Å²) in [4.78, 5) is 25.3. The van der Waals surface area contributed by atoms with Crippen LogP contribution in [0.15, 0.2) is 57.7 Å². The van der Waals surface area contributed by atoms with E-state index in [0.717, 1.165) is 5.56 Å². The molecule has 1 heterocycles. The van der Waals surface area contributed by atoms with Crippen LogP contribution in [-0.4, -0.2) is 33.9 Å². The van der Waals surface area contributed by atoms with Crippen molar-refractivity contribution in [2.75, 3.05) is 6.54 Å². The number of aromatic amines is 1. The van der Waals surface area contributed by atoms with E-state index in [-0.39, 0.29) is 19.6 Å². The first-order chi connectivity index (χ1) is 13.0. The highest BCUT2D eigenvalue weighted by Gasteiger charge is 2.19. The Morgan fingerprint density at radius 3 is 2.74 bits per heavy atom. The maximum atomic E-state index is 11.7. The Hall–Kier alpha value is -3.10. The van der Waals surface area contributed by atoms with Crippen LogP contribution in [-0.2, 0) is 11.3 Å². The standard InChI is InChI=1S/C19H20N2O6/c22-15(8-9-20-18(24)26-11-12-4-2-1-3-5-12)17(23)13-6-7-14-16(10-13)27-19(25)21-14/h1-7,10,15,17,22-23H,8-9,11H2,(H,20,24)(H,21,25). The van der Waals surface area contributed by atoms with Crippen LogP contribution in [0, 0.1) is 0 Å². The molecule has 8 nitrogen and oxygen atoms in total. The number of hydrogen-bond donors (Lipinski definition) is 4. The van der Waals surface area contributed by atoms with Crippen LogP contribution in [0.5, 0.6) is 0 Å². The number of oxazole rings is 1. The smallest absolute Gasteiger partial charge is 0.417 e. The van der Waals surface area contributed by atoms with Gasteiger partial charge in [-0.15, -0.1) is 0 Å². The largest absolute Gasteiger partial charge is 0.445 e. The van der Waals surface area contributed by atoms with E-state index in [4.69, 9.17) is 9.15 Å². The zero-order valence-electron chi connectivity index (χ0n) is 14.4. The Bertz CT molecular complexity index is 949. The molecule has 0 aliphatic rings. The zero-order valence-corrected chi connectivity index (χ0v) is 14.4. The maximum absolute atomic E-state index is 11.7. The summed E-state index contributed by atoms with van der Waals surface area (Å²) in [6, 6.07) is 13.9. The average Bonchev–Trinajstić information content (AvgIpc) is 3.05. The van der Waals surface area contributed by atoms with Gasteiger partial charge in [0.1, 0.15) is 12.7 Å². The summed E-state index contributed by atoms with van der Waals surface area (Å²) < 4.78 is 10.0. The van der Waals surface area contributed by atoms with E-state index in [1.54, 1.807) is 12.1 Å². The monoisotopic (exact) mass is 372 g/mol. The number of ether oxygens (including phenoxy) is 1. The zero-order chi connectivity index (χ0) is 19.2. The fourth-order valence-electron chi connectivity index (χ4n) is 2.62. The van der Waals surface area contributed by atoms with Crippen molar-refractivity contribution in [2.24, 2.45) is 0 Å². The first-order valence-corrected chi connectivity index (χ1v) is 8.46. The predicted octanol–water partition coefficient (Wildman–Crippen LogP) is 1.83. The van der Waals surface area contributed by atoms with E-state index < -0.39 is 24.1 Å². The molecule has 0 radical (unpaired) electrons. The number of benzene rings is 2. The van der Waals surface area contributed by atoms with Crippen molar-refractivity contribution >= 4 is 17.2 Å². The van der Waals surface area contributed by atoms with Crippen LogP contribution in [0.3, 0.4) is 0 Å². The van der Waals surface area contributed by atoms with Crippen LogP contribution in [0.25, 0.3) is 11.1 Å². The molecular formula is C19H20N2O6. The highest BCUT2D eigenvalue weighted by molar-refractivity contribution is 5.72. The molecule has 0 aliphatic heterocycles. The van der Waals surface area contributed by atoms with E-state index in [1.807, 2.05) is 30.3 Å². The molecule has 2 atom stereocenters. The summed E-state index contributed by atoms with van der Waals surface area (Å²) in [7, 11) is 0. The average molecular weight is 372 g/mol. The molecule has 0 bridgehead atoms. The molecule has 8 heteroatoms. The van der Waals surface area contributed by atoms with Gasteiger partial charge in [-0.25, -0.2) is 9.59 Å². The van der Waals surface area contributed by atoms with Gasteiger partial charge in [-0.05, 0) is 29.7 Å². The minimum Gasteiger partial charge on any atom is -0.445 e. The fraction of sp³-hybridized carbons (Fsp3) is 0.263. The molecule has 2 aromatic carbocycles. The van der Waals surface area contributed by atoms with E-state index in [2.05, 4.69) is 10.3 Å². The molecule has 2 unspecified atom stereocenters. The number of hydrogen-bond acceptors (Lipinski definition) is 6. The van der Waals surface area contributed by atoms with Crippen molar-refractivity contribution in [3.05, 3.63) is 70.2 Å². The Balaban J connectivity index is 1.45. The van der Waals surface area contributed by atoms with Crippen LogP contribution in [0.1, 0.15) is 23.7 Å². The minimum absolute atomic E-state index is 0.122. The lowest BCUT2D eigenvalue weighted by atomic mass is 10.0. The lowest BCUT2D eigenvalue weighted by molar-refractivity contribution is 0.0137. The van der Waals surface area contributed by atoms with Crippen molar-refractivity contribution in [1.29, 1.82) is 0 Å². The highest BCUT2D eigenvalue weighted by Crippen LogP contribution is 2.22. The van der Waals surface area contributed by atoms with Crippen molar-refractivity contribution in [2.45, 2.75) is 25.2 Å². The van der Waals surface area contributed by atoms with Crippen LogP contribution < -0.4 is 11.1 Å². The number of aliphatic hydroxyl groups is 2. The second-order valence-corrected chi connectivity index (χ2v) is 6.06. The maximum Gasteiger partial charge on any atom is 0.417 e. The molecule has 3 rings (SSSR count). The molecule has 27 heavy (non-hydrogen) atoms. The summed E-state index contributed by atoms with van der Waals surface area (Å²) in [6.45, 7) is 0.285. The fourth-order valence-corrected chi connectivity index (χ4v) is 2.62. The van der Waals surface area contributed by atoms with Crippen molar-refractivity contribution in [1.82, 2.24) is 10.3 Å². The van der Waals surface area contributed by atoms with Gasteiger partial charge in [0.15, 0.2) is 5.58 Å². The number of carbonyl (C=O) groups excluding carboxylic acids is 1. The Labute approximate surface area is 154 Å². The number of carbonyl (C=O) groups is 1. The van der Waals surface area contributed by atoms with Gasteiger partial charge in [-0.2, -0.15) is 0 Å². The molecule has 0 aliphatic carbocycles. The van der Waals surface area contributed by atoms with E-state index in [1.165, 1.54) is 6.07 Å². The quantitative estimate of drug-likeness (QED) is 0.501. The second kappa shape index (κ2) is 8.52. The Kier molecular flexibility index (Phi) is 5.90. The number of H-pyrrole nitrogens is 1. The third-order valence-corrected chi connectivity index (χ3v) is 4.07.